The van der Waals surface area contributed by atoms with Crippen LogP contribution < -0.4 is 0 Å². The molecule has 1 aromatic heterocycles. The lowest BCUT2D eigenvalue weighted by molar-refractivity contribution is -0.159. The molecule has 0 N–H and O–H groups in total. The molecule has 0 aliphatic heterocycles. The first-order chi connectivity index (χ1) is 13.1. The van der Waals surface area contributed by atoms with Crippen molar-refractivity contribution in [3.8, 4) is 11.4 Å². The highest BCUT2D eigenvalue weighted by Gasteiger charge is 2.38. The molecular weight excluding hydrogens is 395 g/mol. The van der Waals surface area contributed by atoms with E-state index in [4.69, 9.17) is 0 Å². The first kappa shape index (κ1) is 19.7. The van der Waals surface area contributed by atoms with Crippen LogP contribution >= 0.6 is 0 Å². The van der Waals surface area contributed by atoms with Crippen molar-refractivity contribution in [2.45, 2.75) is 18.0 Å². The van der Waals surface area contributed by atoms with Gasteiger partial charge in [-0.2, -0.15) is 22.5 Å². The molecule has 28 heavy (non-hydrogen) atoms. The van der Waals surface area contributed by atoms with Gasteiger partial charge in [0.15, 0.2) is 0 Å². The molecule has 146 valence electrons. The zero-order valence-electron chi connectivity index (χ0n) is 14.7. The summed E-state index contributed by atoms with van der Waals surface area (Å²) in [6.45, 7) is 1.88. The van der Waals surface area contributed by atoms with Gasteiger partial charge in [0, 0.05) is 22.3 Å². The fourth-order valence-corrected chi connectivity index (χ4v) is 3.44. The van der Waals surface area contributed by atoms with Gasteiger partial charge in [0.1, 0.15) is 0 Å². The lowest BCUT2D eigenvalue weighted by Crippen LogP contribution is -2.05. The average molecular weight is 409 g/mol. The quantitative estimate of drug-likeness (QED) is 0.642. The van der Waals surface area contributed by atoms with Crippen LogP contribution in [-0.4, -0.2) is 26.5 Å². The molecule has 1 atom stereocenters. The van der Waals surface area contributed by atoms with Gasteiger partial charge in [0.05, 0.1) is 9.73 Å². The number of nitrogens with zero attached hydrogens (tertiary/aromatic N) is 3. The zero-order valence-corrected chi connectivity index (χ0v) is 15.5. The molecule has 0 radical (unpaired) electrons. The number of hydrogen-bond donors (Lipinski definition) is 0. The highest BCUT2D eigenvalue weighted by atomic mass is 32.2. The SMILES string of the molecule is Cc1ccc(S(C)(=O)=NC(=O)c2ccc(-c3noc(C(F)(F)F)n3)cc2)cc1. The number of carbonyl (C=O) groups is 1. The summed E-state index contributed by atoms with van der Waals surface area (Å²) in [6.07, 6.45) is -3.38. The smallest absolute Gasteiger partial charge is 0.329 e. The second-order valence-corrected chi connectivity index (χ2v) is 8.27. The van der Waals surface area contributed by atoms with E-state index in [2.05, 4.69) is 19.0 Å². The third-order valence-corrected chi connectivity index (χ3v) is 5.44. The first-order valence-electron chi connectivity index (χ1n) is 7.91. The Hall–Kier alpha value is -3.01. The van der Waals surface area contributed by atoms with Gasteiger partial charge >= 0.3 is 12.1 Å². The zero-order chi connectivity index (χ0) is 20.5. The molecule has 3 rings (SSSR count). The number of carbonyl (C=O) groups excluding carboxylic acids is 1. The predicted molar refractivity (Wildman–Crippen MR) is 95.0 cm³/mol. The van der Waals surface area contributed by atoms with Crippen molar-refractivity contribution in [3.05, 3.63) is 65.5 Å². The van der Waals surface area contributed by atoms with E-state index in [1.54, 1.807) is 24.3 Å². The molecule has 0 aliphatic rings. The van der Waals surface area contributed by atoms with E-state index in [-0.39, 0.29) is 17.0 Å². The van der Waals surface area contributed by atoms with E-state index in [1.165, 1.54) is 30.5 Å². The fourth-order valence-electron chi connectivity index (χ4n) is 2.27. The molecule has 1 amide bonds. The van der Waals surface area contributed by atoms with Crippen molar-refractivity contribution in [1.29, 1.82) is 0 Å². The van der Waals surface area contributed by atoms with Crippen LogP contribution in [0.25, 0.3) is 11.4 Å². The lowest BCUT2D eigenvalue weighted by atomic mass is 10.1. The predicted octanol–water partition coefficient (Wildman–Crippen LogP) is 4.36. The summed E-state index contributed by atoms with van der Waals surface area (Å²) in [5.74, 6) is -2.42. The Morgan fingerprint density at radius 1 is 1.07 bits per heavy atom. The summed E-state index contributed by atoms with van der Waals surface area (Å²) in [5, 5.41) is 3.27. The summed E-state index contributed by atoms with van der Waals surface area (Å²) < 4.78 is 58.3. The van der Waals surface area contributed by atoms with Crippen LogP contribution in [0.15, 0.2) is 62.3 Å². The van der Waals surface area contributed by atoms with Gasteiger partial charge in [-0.3, -0.25) is 4.79 Å². The highest BCUT2D eigenvalue weighted by molar-refractivity contribution is 7.93. The van der Waals surface area contributed by atoms with Crippen LogP contribution in [0.2, 0.25) is 0 Å². The second-order valence-electron chi connectivity index (χ2n) is 6.01. The minimum atomic E-state index is -4.74. The second kappa shape index (κ2) is 7.19. The number of hydrogen-bond acceptors (Lipinski definition) is 5. The largest absolute Gasteiger partial charge is 0.471 e. The number of alkyl halides is 3. The van der Waals surface area contributed by atoms with Gasteiger partial charge < -0.3 is 4.52 Å². The van der Waals surface area contributed by atoms with Crippen molar-refractivity contribution in [2.75, 3.05) is 6.26 Å². The lowest BCUT2D eigenvalue weighted by Gasteiger charge is -2.05. The molecule has 3 aromatic rings. The van der Waals surface area contributed by atoms with Gasteiger partial charge in [-0.1, -0.05) is 35.0 Å². The maximum Gasteiger partial charge on any atom is 0.471 e. The van der Waals surface area contributed by atoms with E-state index in [1.807, 2.05) is 6.92 Å². The summed E-state index contributed by atoms with van der Waals surface area (Å²) in [4.78, 5) is 16.0. The molecule has 0 bridgehead atoms. The monoisotopic (exact) mass is 409 g/mol. The van der Waals surface area contributed by atoms with Crippen LogP contribution in [0.1, 0.15) is 21.8 Å². The molecule has 10 heteroatoms. The van der Waals surface area contributed by atoms with Crippen molar-refractivity contribution in [1.82, 2.24) is 10.1 Å². The molecule has 0 aliphatic carbocycles. The maximum absolute atomic E-state index is 12.7. The number of amides is 1. The standard InChI is InChI=1S/C18H14F3N3O3S/c1-11-3-9-14(10-4-11)28(2,26)24-16(25)13-7-5-12(6-8-13)15-22-17(27-23-15)18(19,20)21/h3-10H,1-2H3. The maximum atomic E-state index is 12.7. The van der Waals surface area contributed by atoms with Crippen LogP contribution in [0.5, 0.6) is 0 Å². The van der Waals surface area contributed by atoms with Crippen molar-refractivity contribution in [2.24, 2.45) is 4.36 Å². The van der Waals surface area contributed by atoms with Crippen molar-refractivity contribution < 1.29 is 26.7 Å². The number of benzene rings is 2. The molecular formula is C18H14F3N3O3S. The Bertz CT molecular complexity index is 1130. The minimum Gasteiger partial charge on any atom is -0.329 e. The Balaban J connectivity index is 1.85. The Kier molecular flexibility index (Phi) is 5.07. The number of halogens is 3. The van der Waals surface area contributed by atoms with E-state index < -0.39 is 27.7 Å². The van der Waals surface area contributed by atoms with Crippen LogP contribution in [0, 0.1) is 6.92 Å². The first-order valence-corrected chi connectivity index (χ1v) is 9.83. The molecule has 0 fully saturated rings. The van der Waals surface area contributed by atoms with Gasteiger partial charge in [-0.25, -0.2) is 4.21 Å². The van der Waals surface area contributed by atoms with Gasteiger partial charge in [0.2, 0.25) is 5.82 Å². The number of aromatic nitrogens is 2. The Labute approximate surface area is 158 Å². The summed E-state index contributed by atoms with van der Waals surface area (Å²) in [7, 11) is -2.94. The summed E-state index contributed by atoms with van der Waals surface area (Å²) in [5.41, 5.74) is 1.34. The Morgan fingerprint density at radius 3 is 2.21 bits per heavy atom. The molecule has 1 unspecified atom stereocenters. The average Bonchev–Trinajstić information content (AvgIpc) is 3.12. The highest BCUT2D eigenvalue weighted by Crippen LogP contribution is 2.29. The summed E-state index contributed by atoms with van der Waals surface area (Å²) in [6, 6.07) is 12.2. The third kappa shape index (κ3) is 4.28. The summed E-state index contributed by atoms with van der Waals surface area (Å²) >= 11 is 0. The topological polar surface area (TPSA) is 85.4 Å². The number of aryl methyl sites for hydroxylation is 1. The molecule has 0 spiro atoms. The number of rotatable bonds is 3. The molecule has 1 heterocycles. The van der Waals surface area contributed by atoms with Gasteiger partial charge in [-0.15, -0.1) is 0 Å². The molecule has 6 nitrogen and oxygen atoms in total. The van der Waals surface area contributed by atoms with E-state index in [9.17, 15) is 22.2 Å². The van der Waals surface area contributed by atoms with Crippen LogP contribution in [-0.2, 0) is 15.9 Å². The van der Waals surface area contributed by atoms with Crippen molar-refractivity contribution in [3.63, 3.8) is 0 Å². The minimum absolute atomic E-state index is 0.130. The van der Waals surface area contributed by atoms with Crippen LogP contribution in [0.3, 0.4) is 0 Å². The van der Waals surface area contributed by atoms with E-state index >= 15 is 0 Å². The molecule has 0 saturated carbocycles. The molecule has 2 aromatic carbocycles. The third-order valence-electron chi connectivity index (χ3n) is 3.77. The van der Waals surface area contributed by atoms with Crippen LogP contribution in [0.4, 0.5) is 13.2 Å². The molecule has 0 saturated heterocycles. The Morgan fingerprint density at radius 2 is 1.68 bits per heavy atom. The normalized spacial score (nSPS) is 13.8. The van der Waals surface area contributed by atoms with Crippen molar-refractivity contribution >= 4 is 15.6 Å². The van der Waals surface area contributed by atoms with Gasteiger partial charge in [-0.05, 0) is 31.2 Å². The van der Waals surface area contributed by atoms with Gasteiger partial charge in [0.25, 0.3) is 5.91 Å². The fraction of sp³-hybridized carbons (Fsp3) is 0.167. The van der Waals surface area contributed by atoms with E-state index in [0.717, 1.165) is 5.56 Å². The van der Waals surface area contributed by atoms with E-state index in [0.29, 0.717) is 4.90 Å².